The Morgan fingerprint density at radius 3 is 2.79 bits per heavy atom. The Morgan fingerprint density at radius 1 is 1.29 bits per heavy atom. The monoisotopic (exact) mass is 323 g/mol. The lowest BCUT2D eigenvalue weighted by molar-refractivity contribution is -0.384. The zero-order chi connectivity index (χ0) is 17.1. The summed E-state index contributed by atoms with van der Waals surface area (Å²) < 4.78 is 1.52. The molecule has 0 aliphatic carbocycles. The first-order chi connectivity index (χ1) is 11.6. The van der Waals surface area contributed by atoms with Crippen molar-refractivity contribution >= 4 is 17.4 Å². The summed E-state index contributed by atoms with van der Waals surface area (Å²) in [6.45, 7) is 1.81. The number of nitro benzene ring substituents is 1. The van der Waals surface area contributed by atoms with Gasteiger partial charge in [-0.25, -0.2) is 9.97 Å². The van der Waals surface area contributed by atoms with E-state index in [-0.39, 0.29) is 11.3 Å². The molecule has 120 valence electrons. The molecule has 0 atom stereocenters. The summed E-state index contributed by atoms with van der Waals surface area (Å²) in [6, 6.07) is 7.85. The molecule has 2 aromatic heterocycles. The van der Waals surface area contributed by atoms with E-state index in [9.17, 15) is 14.9 Å². The standard InChI is InChI=1S/C16H13N5O3/c1-11-3-2-6-18-15(11)19-16(22)12-4-5-13(14(9-12)21(23)24)20-8-7-17-10-20/h2-10H,1H3,(H,18,19,22). The Kier molecular flexibility index (Phi) is 4.02. The molecule has 0 spiro atoms. The Hall–Kier alpha value is -3.55. The Bertz CT molecular complexity index is 906. The molecule has 2 heterocycles. The van der Waals surface area contributed by atoms with Crippen molar-refractivity contribution in [2.45, 2.75) is 6.92 Å². The number of benzene rings is 1. The van der Waals surface area contributed by atoms with Crippen LogP contribution in [0.1, 0.15) is 15.9 Å². The average molecular weight is 323 g/mol. The molecule has 0 aliphatic heterocycles. The second-order valence-electron chi connectivity index (χ2n) is 5.05. The lowest BCUT2D eigenvalue weighted by Gasteiger charge is -2.08. The van der Waals surface area contributed by atoms with Crippen LogP contribution in [0.2, 0.25) is 0 Å². The summed E-state index contributed by atoms with van der Waals surface area (Å²) in [4.78, 5) is 31.1. The second-order valence-corrected chi connectivity index (χ2v) is 5.05. The van der Waals surface area contributed by atoms with E-state index in [2.05, 4.69) is 15.3 Å². The fourth-order valence-corrected chi connectivity index (χ4v) is 2.23. The van der Waals surface area contributed by atoms with Gasteiger partial charge in [0.1, 0.15) is 11.5 Å². The van der Waals surface area contributed by atoms with Crippen LogP contribution in [-0.2, 0) is 0 Å². The van der Waals surface area contributed by atoms with Crippen molar-refractivity contribution in [2.75, 3.05) is 5.32 Å². The highest BCUT2D eigenvalue weighted by Crippen LogP contribution is 2.24. The molecule has 0 bridgehead atoms. The number of aryl methyl sites for hydroxylation is 1. The summed E-state index contributed by atoms with van der Waals surface area (Å²) in [5.41, 5.74) is 1.13. The van der Waals surface area contributed by atoms with Gasteiger partial charge in [0.15, 0.2) is 0 Å². The van der Waals surface area contributed by atoms with E-state index < -0.39 is 10.8 Å². The largest absolute Gasteiger partial charge is 0.306 e. The minimum Gasteiger partial charge on any atom is -0.306 e. The van der Waals surface area contributed by atoms with Gasteiger partial charge >= 0.3 is 0 Å². The molecular formula is C16H13N5O3. The third kappa shape index (κ3) is 2.98. The maximum atomic E-state index is 12.3. The Balaban J connectivity index is 1.94. The number of imidazole rings is 1. The minimum atomic E-state index is -0.530. The molecule has 0 saturated heterocycles. The molecule has 3 aromatic rings. The molecule has 0 radical (unpaired) electrons. The summed E-state index contributed by atoms with van der Waals surface area (Å²) in [6.07, 6.45) is 6.14. The number of anilines is 1. The van der Waals surface area contributed by atoms with Gasteiger partial charge in [0.2, 0.25) is 0 Å². The topological polar surface area (TPSA) is 103 Å². The number of aromatic nitrogens is 3. The number of pyridine rings is 1. The quantitative estimate of drug-likeness (QED) is 0.587. The van der Waals surface area contributed by atoms with Crippen molar-refractivity contribution in [3.05, 3.63) is 76.5 Å². The summed E-state index contributed by atoms with van der Waals surface area (Å²) in [7, 11) is 0. The van der Waals surface area contributed by atoms with Crippen molar-refractivity contribution in [3.63, 3.8) is 0 Å². The van der Waals surface area contributed by atoms with Gasteiger partial charge < -0.3 is 9.88 Å². The number of nitrogens with zero attached hydrogens (tertiary/aromatic N) is 4. The van der Waals surface area contributed by atoms with Crippen LogP contribution >= 0.6 is 0 Å². The highest BCUT2D eigenvalue weighted by Gasteiger charge is 2.19. The van der Waals surface area contributed by atoms with E-state index in [0.29, 0.717) is 11.5 Å². The molecule has 1 amide bonds. The first-order valence-electron chi connectivity index (χ1n) is 7.06. The van der Waals surface area contributed by atoms with Crippen molar-refractivity contribution < 1.29 is 9.72 Å². The highest BCUT2D eigenvalue weighted by atomic mass is 16.6. The number of amides is 1. The van der Waals surface area contributed by atoms with Gasteiger partial charge in [0.25, 0.3) is 11.6 Å². The molecule has 3 rings (SSSR count). The second kappa shape index (κ2) is 6.29. The van der Waals surface area contributed by atoms with Crippen LogP contribution in [0.5, 0.6) is 0 Å². The van der Waals surface area contributed by atoms with Crippen molar-refractivity contribution in [1.29, 1.82) is 0 Å². The molecule has 8 nitrogen and oxygen atoms in total. The van der Waals surface area contributed by atoms with Crippen LogP contribution in [0.15, 0.2) is 55.2 Å². The van der Waals surface area contributed by atoms with Crippen LogP contribution < -0.4 is 5.32 Å². The predicted octanol–water partition coefficient (Wildman–Crippen LogP) is 2.74. The van der Waals surface area contributed by atoms with E-state index in [0.717, 1.165) is 5.56 Å². The van der Waals surface area contributed by atoms with Gasteiger partial charge in [0.05, 0.1) is 11.3 Å². The fraction of sp³-hybridized carbons (Fsp3) is 0.0625. The number of carbonyl (C=O) groups is 1. The Morgan fingerprint density at radius 2 is 2.12 bits per heavy atom. The van der Waals surface area contributed by atoms with Crippen LogP contribution in [-0.4, -0.2) is 25.4 Å². The molecular weight excluding hydrogens is 310 g/mol. The highest BCUT2D eigenvalue weighted by molar-refractivity contribution is 6.04. The molecule has 0 saturated carbocycles. The zero-order valence-electron chi connectivity index (χ0n) is 12.7. The molecule has 8 heteroatoms. The number of nitro groups is 1. The van der Waals surface area contributed by atoms with E-state index >= 15 is 0 Å². The number of nitrogens with one attached hydrogen (secondary N) is 1. The smallest absolute Gasteiger partial charge is 0.294 e. The van der Waals surface area contributed by atoms with E-state index in [1.165, 1.54) is 35.3 Å². The lowest BCUT2D eigenvalue weighted by atomic mass is 10.1. The number of carbonyl (C=O) groups excluding carboxylic acids is 1. The Labute approximate surface area is 136 Å². The van der Waals surface area contributed by atoms with E-state index in [1.54, 1.807) is 18.5 Å². The van der Waals surface area contributed by atoms with Crippen LogP contribution in [0.4, 0.5) is 11.5 Å². The van der Waals surface area contributed by atoms with Crippen LogP contribution in [0.3, 0.4) is 0 Å². The summed E-state index contributed by atoms with van der Waals surface area (Å²) >= 11 is 0. The molecule has 1 N–H and O–H groups in total. The third-order valence-electron chi connectivity index (χ3n) is 3.46. The van der Waals surface area contributed by atoms with Crippen LogP contribution in [0, 0.1) is 17.0 Å². The minimum absolute atomic E-state index is 0.176. The third-order valence-corrected chi connectivity index (χ3v) is 3.46. The van der Waals surface area contributed by atoms with Gasteiger partial charge in [-0.15, -0.1) is 0 Å². The molecule has 0 fully saturated rings. The van der Waals surface area contributed by atoms with Gasteiger partial charge in [-0.1, -0.05) is 6.07 Å². The maximum Gasteiger partial charge on any atom is 0.294 e. The van der Waals surface area contributed by atoms with Crippen LogP contribution in [0.25, 0.3) is 5.69 Å². The SMILES string of the molecule is Cc1cccnc1NC(=O)c1ccc(-n2ccnc2)c([N+](=O)[O-])c1. The first kappa shape index (κ1) is 15.3. The normalized spacial score (nSPS) is 10.4. The lowest BCUT2D eigenvalue weighted by Crippen LogP contribution is -2.14. The number of hydrogen-bond acceptors (Lipinski definition) is 5. The molecule has 24 heavy (non-hydrogen) atoms. The van der Waals surface area contributed by atoms with E-state index in [4.69, 9.17) is 0 Å². The van der Waals surface area contributed by atoms with Gasteiger partial charge in [0, 0.05) is 30.2 Å². The fourth-order valence-electron chi connectivity index (χ4n) is 2.23. The van der Waals surface area contributed by atoms with Crippen molar-refractivity contribution in [3.8, 4) is 5.69 Å². The number of hydrogen-bond donors (Lipinski definition) is 1. The number of rotatable bonds is 4. The van der Waals surface area contributed by atoms with Gasteiger partial charge in [-0.05, 0) is 30.7 Å². The van der Waals surface area contributed by atoms with Crippen molar-refractivity contribution in [1.82, 2.24) is 14.5 Å². The molecule has 0 unspecified atom stereocenters. The maximum absolute atomic E-state index is 12.3. The van der Waals surface area contributed by atoms with Crippen molar-refractivity contribution in [2.24, 2.45) is 0 Å². The summed E-state index contributed by atoms with van der Waals surface area (Å²) in [5.74, 6) is -0.0408. The van der Waals surface area contributed by atoms with E-state index in [1.807, 2.05) is 13.0 Å². The van der Waals surface area contributed by atoms with Gasteiger partial charge in [-0.2, -0.15) is 0 Å². The summed E-state index contributed by atoms with van der Waals surface area (Å²) in [5, 5.41) is 14.0. The zero-order valence-corrected chi connectivity index (χ0v) is 12.7. The first-order valence-corrected chi connectivity index (χ1v) is 7.06. The van der Waals surface area contributed by atoms with Gasteiger partial charge in [-0.3, -0.25) is 14.9 Å². The molecule has 0 aliphatic rings. The molecule has 1 aromatic carbocycles. The average Bonchev–Trinajstić information content (AvgIpc) is 3.10. The predicted molar refractivity (Wildman–Crippen MR) is 87.1 cm³/mol.